The first-order chi connectivity index (χ1) is 8.16. The standard InChI is InChI=1S/C10H9BN2O3S/c14-10(9-5-12-6-17-9)13-8-3-1-7(2-4-8)11(15)16/h1-6,15-16H,(H,13,14). The van der Waals surface area contributed by atoms with Crippen LogP contribution in [0, 0.1) is 0 Å². The minimum Gasteiger partial charge on any atom is -0.423 e. The molecule has 0 atom stereocenters. The highest BCUT2D eigenvalue weighted by Crippen LogP contribution is 2.10. The molecule has 0 radical (unpaired) electrons. The Bertz CT molecular complexity index is 499. The highest BCUT2D eigenvalue weighted by molar-refractivity contribution is 7.11. The quantitative estimate of drug-likeness (QED) is 0.671. The Labute approximate surface area is 102 Å². The maximum absolute atomic E-state index is 11.7. The van der Waals surface area contributed by atoms with Gasteiger partial charge in [0.25, 0.3) is 5.91 Å². The van der Waals surface area contributed by atoms with Crippen LogP contribution < -0.4 is 10.8 Å². The van der Waals surface area contributed by atoms with Crippen LogP contribution in [0.5, 0.6) is 0 Å². The molecule has 0 aliphatic rings. The largest absolute Gasteiger partial charge is 0.488 e. The Hall–Kier alpha value is -1.70. The fourth-order valence-electron chi connectivity index (χ4n) is 1.26. The number of thiazole rings is 1. The van der Waals surface area contributed by atoms with Crippen molar-refractivity contribution < 1.29 is 14.8 Å². The third-order valence-corrected chi connectivity index (χ3v) is 2.89. The predicted molar refractivity (Wildman–Crippen MR) is 66.3 cm³/mol. The Morgan fingerprint density at radius 2 is 2.00 bits per heavy atom. The van der Waals surface area contributed by atoms with Gasteiger partial charge in [0, 0.05) is 5.69 Å². The van der Waals surface area contributed by atoms with Crippen molar-refractivity contribution >= 4 is 35.5 Å². The van der Waals surface area contributed by atoms with Gasteiger partial charge in [0.1, 0.15) is 4.88 Å². The van der Waals surface area contributed by atoms with Crippen molar-refractivity contribution in [2.75, 3.05) is 5.32 Å². The fourth-order valence-corrected chi connectivity index (χ4v) is 1.77. The molecule has 2 rings (SSSR count). The summed E-state index contributed by atoms with van der Waals surface area (Å²) in [6.07, 6.45) is 1.49. The maximum atomic E-state index is 11.7. The van der Waals surface area contributed by atoms with E-state index in [2.05, 4.69) is 10.3 Å². The topological polar surface area (TPSA) is 82.5 Å². The lowest BCUT2D eigenvalue weighted by molar-refractivity contribution is 0.103. The van der Waals surface area contributed by atoms with Gasteiger partial charge < -0.3 is 15.4 Å². The van der Waals surface area contributed by atoms with Crippen molar-refractivity contribution in [1.82, 2.24) is 4.98 Å². The molecule has 1 heterocycles. The summed E-state index contributed by atoms with van der Waals surface area (Å²) < 4.78 is 0. The average molecular weight is 248 g/mol. The lowest BCUT2D eigenvalue weighted by Gasteiger charge is -2.04. The fraction of sp³-hybridized carbons (Fsp3) is 0. The van der Waals surface area contributed by atoms with E-state index in [0.717, 1.165) is 0 Å². The van der Waals surface area contributed by atoms with Gasteiger partial charge in [0.15, 0.2) is 0 Å². The Balaban J connectivity index is 2.07. The number of nitrogens with zero attached hydrogens (tertiary/aromatic N) is 1. The number of anilines is 1. The van der Waals surface area contributed by atoms with Gasteiger partial charge in [0.05, 0.1) is 11.7 Å². The SMILES string of the molecule is O=C(Nc1ccc(B(O)O)cc1)c1cncs1. The molecule has 0 fully saturated rings. The van der Waals surface area contributed by atoms with Crippen molar-refractivity contribution in [3.05, 3.63) is 40.8 Å². The van der Waals surface area contributed by atoms with Crippen molar-refractivity contribution in [1.29, 1.82) is 0 Å². The molecule has 3 N–H and O–H groups in total. The minimum atomic E-state index is -1.50. The maximum Gasteiger partial charge on any atom is 0.488 e. The second-order valence-corrected chi connectivity index (χ2v) is 4.20. The normalized spacial score (nSPS) is 10.0. The first-order valence-corrected chi connectivity index (χ1v) is 5.71. The van der Waals surface area contributed by atoms with Gasteiger partial charge in [-0.05, 0) is 17.6 Å². The van der Waals surface area contributed by atoms with Crippen molar-refractivity contribution in [2.24, 2.45) is 0 Å². The smallest absolute Gasteiger partial charge is 0.423 e. The van der Waals surface area contributed by atoms with Crippen molar-refractivity contribution in [3.8, 4) is 0 Å². The van der Waals surface area contributed by atoms with Crippen molar-refractivity contribution in [2.45, 2.75) is 0 Å². The number of rotatable bonds is 3. The second-order valence-electron chi connectivity index (χ2n) is 3.32. The van der Waals surface area contributed by atoms with Gasteiger partial charge in [-0.25, -0.2) is 0 Å². The van der Waals surface area contributed by atoms with Gasteiger partial charge in [-0.15, -0.1) is 11.3 Å². The summed E-state index contributed by atoms with van der Waals surface area (Å²) in [4.78, 5) is 16.0. The van der Waals surface area contributed by atoms with Gasteiger partial charge in [-0.2, -0.15) is 0 Å². The lowest BCUT2D eigenvalue weighted by Crippen LogP contribution is -2.29. The van der Waals surface area contributed by atoms with E-state index in [0.29, 0.717) is 16.0 Å². The van der Waals surface area contributed by atoms with E-state index in [9.17, 15) is 4.79 Å². The number of carbonyl (C=O) groups excluding carboxylic acids is 1. The van der Waals surface area contributed by atoms with Gasteiger partial charge in [-0.1, -0.05) is 12.1 Å². The summed E-state index contributed by atoms with van der Waals surface area (Å²) in [5.74, 6) is -0.232. The number of benzene rings is 1. The number of hydrogen-bond donors (Lipinski definition) is 3. The molecule has 2 aromatic rings. The summed E-state index contributed by atoms with van der Waals surface area (Å²) in [7, 11) is -1.50. The van der Waals surface area contributed by atoms with Crippen LogP contribution in [0.15, 0.2) is 36.0 Å². The van der Waals surface area contributed by atoms with Crippen LogP contribution in [0.25, 0.3) is 0 Å². The molecule has 0 bridgehead atoms. The summed E-state index contributed by atoms with van der Waals surface area (Å²) in [5, 5.41) is 20.5. The van der Waals surface area contributed by atoms with Crippen molar-refractivity contribution in [3.63, 3.8) is 0 Å². The molecule has 86 valence electrons. The third kappa shape index (κ3) is 2.91. The van der Waals surface area contributed by atoms with E-state index < -0.39 is 7.12 Å². The molecule has 0 spiro atoms. The summed E-state index contributed by atoms with van der Waals surface area (Å²) >= 11 is 1.26. The number of amides is 1. The molecule has 0 saturated carbocycles. The highest BCUT2D eigenvalue weighted by atomic mass is 32.1. The second kappa shape index (κ2) is 5.09. The zero-order valence-electron chi connectivity index (χ0n) is 8.70. The Kier molecular flexibility index (Phi) is 3.53. The van der Waals surface area contributed by atoms with Gasteiger partial charge in [-0.3, -0.25) is 9.78 Å². The molecule has 1 amide bonds. The molecule has 1 aromatic carbocycles. The summed E-state index contributed by atoms with van der Waals surface area (Å²) in [6.45, 7) is 0. The average Bonchev–Trinajstić information content (AvgIpc) is 2.83. The van der Waals surface area contributed by atoms with Crippen LogP contribution >= 0.6 is 11.3 Å². The van der Waals surface area contributed by atoms with Gasteiger partial charge >= 0.3 is 7.12 Å². The molecule has 7 heteroatoms. The zero-order chi connectivity index (χ0) is 12.3. The van der Waals surface area contributed by atoms with Crippen LogP contribution in [0.1, 0.15) is 9.67 Å². The molecule has 17 heavy (non-hydrogen) atoms. The predicted octanol–water partition coefficient (Wildman–Crippen LogP) is 0.0752. The first kappa shape index (κ1) is 11.8. The molecule has 5 nitrogen and oxygen atoms in total. The number of nitrogens with one attached hydrogen (secondary N) is 1. The monoisotopic (exact) mass is 248 g/mol. The van der Waals surface area contributed by atoms with E-state index in [1.54, 1.807) is 17.6 Å². The molecule has 0 aliphatic heterocycles. The number of aromatic nitrogens is 1. The van der Waals surface area contributed by atoms with Gasteiger partial charge in [0.2, 0.25) is 0 Å². The van der Waals surface area contributed by atoms with Crippen LogP contribution in [-0.4, -0.2) is 28.1 Å². The van der Waals surface area contributed by atoms with Crippen LogP contribution in [-0.2, 0) is 0 Å². The molecule has 0 unspecified atom stereocenters. The Morgan fingerprint density at radius 1 is 1.29 bits per heavy atom. The zero-order valence-corrected chi connectivity index (χ0v) is 9.52. The molecular weight excluding hydrogens is 239 g/mol. The molecular formula is C10H9BN2O3S. The highest BCUT2D eigenvalue weighted by Gasteiger charge is 2.11. The van der Waals surface area contributed by atoms with Crippen LogP contribution in [0.4, 0.5) is 5.69 Å². The lowest BCUT2D eigenvalue weighted by atomic mass is 9.80. The van der Waals surface area contributed by atoms with E-state index in [1.807, 2.05) is 0 Å². The number of hydrogen-bond acceptors (Lipinski definition) is 5. The molecule has 0 aliphatic carbocycles. The summed E-state index contributed by atoms with van der Waals surface area (Å²) in [5.41, 5.74) is 2.55. The van der Waals surface area contributed by atoms with E-state index in [1.165, 1.54) is 29.7 Å². The first-order valence-electron chi connectivity index (χ1n) is 4.83. The Morgan fingerprint density at radius 3 is 2.53 bits per heavy atom. The summed E-state index contributed by atoms with van der Waals surface area (Å²) in [6, 6.07) is 6.28. The van der Waals surface area contributed by atoms with E-state index >= 15 is 0 Å². The molecule has 1 aromatic heterocycles. The third-order valence-electron chi connectivity index (χ3n) is 2.12. The number of carbonyl (C=O) groups is 1. The van der Waals surface area contributed by atoms with E-state index in [-0.39, 0.29) is 5.91 Å². The minimum absolute atomic E-state index is 0.232. The van der Waals surface area contributed by atoms with E-state index in [4.69, 9.17) is 10.0 Å². The molecule has 0 saturated heterocycles. The van der Waals surface area contributed by atoms with Crippen LogP contribution in [0.3, 0.4) is 0 Å². The van der Waals surface area contributed by atoms with Crippen LogP contribution in [0.2, 0.25) is 0 Å².